The minimum atomic E-state index is -1.51. The Kier molecular flexibility index (Phi) is 2.39. The number of hydrogen-bond acceptors (Lipinski definition) is 4. The van der Waals surface area contributed by atoms with Gasteiger partial charge < -0.3 is 10.4 Å². The molecule has 0 unspecified atom stereocenters. The highest BCUT2D eigenvalue weighted by molar-refractivity contribution is 7.09. The molecule has 5 nitrogen and oxygen atoms in total. The Morgan fingerprint density at radius 1 is 1.67 bits per heavy atom. The summed E-state index contributed by atoms with van der Waals surface area (Å²) < 4.78 is 0. The molecule has 0 saturated carbocycles. The van der Waals surface area contributed by atoms with E-state index in [9.17, 15) is 9.59 Å². The van der Waals surface area contributed by atoms with Gasteiger partial charge in [0.1, 0.15) is 5.82 Å². The number of carbonyl (C=O) groups excluding carboxylic acids is 1. The first-order chi connectivity index (χ1) is 5.59. The lowest BCUT2D eigenvalue weighted by Crippen LogP contribution is -2.21. The van der Waals surface area contributed by atoms with Crippen LogP contribution in [0.15, 0.2) is 5.38 Å². The highest BCUT2D eigenvalue weighted by atomic mass is 32.1. The molecule has 0 aliphatic rings. The van der Waals surface area contributed by atoms with Crippen LogP contribution < -0.4 is 5.32 Å². The fourth-order valence-corrected chi connectivity index (χ4v) is 1.14. The van der Waals surface area contributed by atoms with E-state index in [0.717, 1.165) is 5.01 Å². The molecular formula is C6H6N2O3S. The van der Waals surface area contributed by atoms with E-state index in [4.69, 9.17) is 5.11 Å². The average molecular weight is 186 g/mol. The lowest BCUT2D eigenvalue weighted by molar-refractivity contribution is -0.147. The minimum Gasteiger partial charge on any atom is -0.474 e. The largest absolute Gasteiger partial charge is 0.474 e. The number of aliphatic carboxylic acids is 1. The van der Waals surface area contributed by atoms with Crippen LogP contribution in [-0.2, 0) is 9.59 Å². The van der Waals surface area contributed by atoms with E-state index >= 15 is 0 Å². The topological polar surface area (TPSA) is 79.3 Å². The lowest BCUT2D eigenvalue weighted by atomic mass is 10.6. The molecule has 2 N–H and O–H groups in total. The Hall–Kier alpha value is -1.43. The molecule has 1 heterocycles. The fourth-order valence-electron chi connectivity index (χ4n) is 0.591. The van der Waals surface area contributed by atoms with Gasteiger partial charge in [-0.05, 0) is 6.92 Å². The van der Waals surface area contributed by atoms with E-state index in [0.29, 0.717) is 0 Å². The number of carboxylic acids is 1. The number of aromatic nitrogens is 1. The summed E-state index contributed by atoms with van der Waals surface area (Å²) in [6.45, 7) is 1.76. The number of hydrogen-bond donors (Lipinski definition) is 2. The van der Waals surface area contributed by atoms with Crippen molar-refractivity contribution in [1.82, 2.24) is 4.98 Å². The fraction of sp³-hybridized carbons (Fsp3) is 0.167. The monoisotopic (exact) mass is 186 g/mol. The molecule has 0 spiro atoms. The Morgan fingerprint density at radius 2 is 2.33 bits per heavy atom. The molecule has 6 heteroatoms. The van der Waals surface area contributed by atoms with Crippen molar-refractivity contribution in [2.75, 3.05) is 5.32 Å². The van der Waals surface area contributed by atoms with Gasteiger partial charge >= 0.3 is 11.9 Å². The van der Waals surface area contributed by atoms with Crippen molar-refractivity contribution in [1.29, 1.82) is 0 Å². The lowest BCUT2D eigenvalue weighted by Gasteiger charge is -1.93. The third-order valence-electron chi connectivity index (χ3n) is 1.05. The Balaban J connectivity index is 2.64. The normalized spacial score (nSPS) is 9.42. The number of carbonyl (C=O) groups is 2. The van der Waals surface area contributed by atoms with E-state index in [1.807, 2.05) is 0 Å². The number of aryl methyl sites for hydroxylation is 1. The molecule has 0 atom stereocenters. The number of amides is 1. The second kappa shape index (κ2) is 3.31. The molecule has 1 rings (SSSR count). The number of thiazole rings is 1. The Labute approximate surface area is 72.1 Å². The first-order valence-corrected chi connectivity index (χ1v) is 3.94. The molecule has 0 radical (unpaired) electrons. The van der Waals surface area contributed by atoms with Crippen LogP contribution in [0.5, 0.6) is 0 Å². The van der Waals surface area contributed by atoms with Gasteiger partial charge in [-0.3, -0.25) is 4.79 Å². The number of carboxylic acid groups (broad SMARTS) is 1. The number of nitrogens with zero attached hydrogens (tertiary/aromatic N) is 1. The molecule has 0 saturated heterocycles. The first kappa shape index (κ1) is 8.66. The third-order valence-corrected chi connectivity index (χ3v) is 1.83. The van der Waals surface area contributed by atoms with E-state index in [2.05, 4.69) is 10.3 Å². The van der Waals surface area contributed by atoms with Gasteiger partial charge in [0.25, 0.3) is 0 Å². The second-order valence-corrected chi connectivity index (χ2v) is 3.07. The van der Waals surface area contributed by atoms with Crippen molar-refractivity contribution in [2.45, 2.75) is 6.92 Å². The van der Waals surface area contributed by atoms with Crippen LogP contribution in [0, 0.1) is 6.92 Å². The zero-order valence-corrected chi connectivity index (χ0v) is 7.01. The quantitative estimate of drug-likeness (QED) is 0.625. The summed E-state index contributed by atoms with van der Waals surface area (Å²) in [5, 5.41) is 12.7. The van der Waals surface area contributed by atoms with Gasteiger partial charge in [0.15, 0.2) is 0 Å². The summed E-state index contributed by atoms with van der Waals surface area (Å²) >= 11 is 1.34. The average Bonchev–Trinajstić information content (AvgIpc) is 2.35. The predicted octanol–water partition coefficient (Wildman–Crippen LogP) is 0.475. The van der Waals surface area contributed by atoms with Crippen molar-refractivity contribution in [3.05, 3.63) is 10.4 Å². The predicted molar refractivity (Wildman–Crippen MR) is 43.1 cm³/mol. The van der Waals surface area contributed by atoms with Gasteiger partial charge in [-0.25, -0.2) is 9.78 Å². The standard InChI is InChI=1S/C6H6N2O3S/c1-3-7-4(2-12-3)8-5(9)6(10)11/h2H,1H3,(H,8,9)(H,10,11). The molecule has 1 amide bonds. The van der Waals surface area contributed by atoms with Crippen LogP contribution in [0.1, 0.15) is 5.01 Å². The summed E-state index contributed by atoms with van der Waals surface area (Å²) in [6, 6.07) is 0. The Morgan fingerprint density at radius 3 is 2.75 bits per heavy atom. The summed E-state index contributed by atoms with van der Waals surface area (Å²) in [5.74, 6) is -2.30. The van der Waals surface area contributed by atoms with Crippen LogP contribution in [0.3, 0.4) is 0 Å². The number of anilines is 1. The summed E-state index contributed by atoms with van der Waals surface area (Å²) in [7, 11) is 0. The molecule has 1 aromatic heterocycles. The number of rotatable bonds is 1. The highest BCUT2D eigenvalue weighted by Gasteiger charge is 2.11. The maximum atomic E-state index is 10.6. The molecule has 0 bridgehead atoms. The SMILES string of the molecule is Cc1nc(NC(=O)C(=O)O)cs1. The van der Waals surface area contributed by atoms with Crippen molar-refractivity contribution in [2.24, 2.45) is 0 Å². The zero-order valence-electron chi connectivity index (χ0n) is 6.20. The molecule has 1 aromatic rings. The van der Waals surface area contributed by atoms with Crippen molar-refractivity contribution >= 4 is 29.0 Å². The highest BCUT2D eigenvalue weighted by Crippen LogP contribution is 2.11. The van der Waals surface area contributed by atoms with E-state index < -0.39 is 11.9 Å². The maximum absolute atomic E-state index is 10.6. The van der Waals surface area contributed by atoms with Gasteiger partial charge in [-0.1, -0.05) is 0 Å². The molecule has 64 valence electrons. The van der Waals surface area contributed by atoms with Gasteiger partial charge in [-0.2, -0.15) is 0 Å². The molecule has 0 aliphatic heterocycles. The van der Waals surface area contributed by atoms with Gasteiger partial charge in [0, 0.05) is 5.38 Å². The van der Waals surface area contributed by atoms with Crippen LogP contribution in [0.25, 0.3) is 0 Å². The summed E-state index contributed by atoms with van der Waals surface area (Å²) in [5.41, 5.74) is 0. The van der Waals surface area contributed by atoms with E-state index in [1.165, 1.54) is 11.3 Å². The number of nitrogens with one attached hydrogen (secondary N) is 1. The van der Waals surface area contributed by atoms with Gasteiger partial charge in [-0.15, -0.1) is 11.3 Å². The third kappa shape index (κ3) is 2.03. The van der Waals surface area contributed by atoms with Crippen molar-refractivity contribution in [3.63, 3.8) is 0 Å². The smallest absolute Gasteiger partial charge is 0.394 e. The van der Waals surface area contributed by atoms with Crippen LogP contribution in [0.2, 0.25) is 0 Å². The van der Waals surface area contributed by atoms with Crippen LogP contribution >= 0.6 is 11.3 Å². The molecule has 0 aliphatic carbocycles. The summed E-state index contributed by atoms with van der Waals surface area (Å²) in [4.78, 5) is 24.5. The molecular weight excluding hydrogens is 180 g/mol. The Bertz CT molecular complexity index is 320. The van der Waals surface area contributed by atoms with Gasteiger partial charge in [0.2, 0.25) is 0 Å². The zero-order chi connectivity index (χ0) is 9.14. The first-order valence-electron chi connectivity index (χ1n) is 3.06. The van der Waals surface area contributed by atoms with E-state index in [1.54, 1.807) is 12.3 Å². The second-order valence-electron chi connectivity index (χ2n) is 2.01. The minimum absolute atomic E-state index is 0.282. The molecule has 0 aromatic carbocycles. The molecule has 12 heavy (non-hydrogen) atoms. The summed E-state index contributed by atoms with van der Waals surface area (Å²) in [6.07, 6.45) is 0. The van der Waals surface area contributed by atoms with Gasteiger partial charge in [0.05, 0.1) is 5.01 Å². The van der Waals surface area contributed by atoms with E-state index in [-0.39, 0.29) is 5.82 Å². The molecule has 0 fully saturated rings. The van der Waals surface area contributed by atoms with Crippen LogP contribution in [-0.4, -0.2) is 22.0 Å². The van der Waals surface area contributed by atoms with Crippen molar-refractivity contribution < 1.29 is 14.7 Å². The maximum Gasteiger partial charge on any atom is 0.394 e. The van der Waals surface area contributed by atoms with Crippen molar-refractivity contribution in [3.8, 4) is 0 Å². The van der Waals surface area contributed by atoms with Crippen LogP contribution in [0.4, 0.5) is 5.82 Å².